The van der Waals surface area contributed by atoms with Crippen LogP contribution in [-0.4, -0.2) is 43.3 Å². The van der Waals surface area contributed by atoms with E-state index in [1.807, 2.05) is 52.0 Å². The molecule has 3 aromatic carbocycles. The number of hydrogen-bond donors (Lipinski definition) is 1. The van der Waals surface area contributed by atoms with E-state index in [1.54, 1.807) is 44.2 Å². The zero-order valence-corrected chi connectivity index (χ0v) is 26.7. The number of rotatable bonds is 9. The summed E-state index contributed by atoms with van der Waals surface area (Å²) >= 11 is 9.62. The summed E-state index contributed by atoms with van der Waals surface area (Å²) in [4.78, 5) is 28.7. The topological polar surface area (TPSA) is 86.8 Å². The summed E-state index contributed by atoms with van der Waals surface area (Å²) in [7, 11) is -4.15. The van der Waals surface area contributed by atoms with Crippen molar-refractivity contribution in [3.63, 3.8) is 0 Å². The lowest BCUT2D eigenvalue weighted by Crippen LogP contribution is -2.54. The molecule has 3 aromatic rings. The fourth-order valence-corrected chi connectivity index (χ4v) is 6.29. The lowest BCUT2D eigenvalue weighted by molar-refractivity contribution is -0.140. The second-order valence-electron chi connectivity index (χ2n) is 10.8. The molecule has 10 heteroatoms. The molecule has 0 aliphatic heterocycles. The maximum Gasteiger partial charge on any atom is 0.264 e. The standard InChI is InChI=1S/C30H35BrClN3O4S/c1-20-10-13-26(14-11-20)40(38,39)35(27-15-12-25(32)16-21(27)2)19-28(36)34(18-23-8-7-9-24(31)17-23)22(3)29(37)33-30(4,5)6/h7-17,22H,18-19H2,1-6H3,(H,33,37)/t22-/m1/s1. The number of carbonyl (C=O) groups is 2. The van der Waals surface area contributed by atoms with E-state index in [0.29, 0.717) is 16.3 Å². The number of halogens is 2. The fraction of sp³-hybridized carbons (Fsp3) is 0.333. The van der Waals surface area contributed by atoms with Crippen LogP contribution in [0.5, 0.6) is 0 Å². The monoisotopic (exact) mass is 647 g/mol. The number of nitrogens with zero attached hydrogens (tertiary/aromatic N) is 2. The Balaban J connectivity index is 2.08. The highest BCUT2D eigenvalue weighted by Crippen LogP contribution is 2.29. The number of anilines is 1. The summed E-state index contributed by atoms with van der Waals surface area (Å²) in [6.45, 7) is 10.4. The predicted molar refractivity (Wildman–Crippen MR) is 164 cm³/mol. The van der Waals surface area contributed by atoms with E-state index < -0.39 is 34.1 Å². The molecule has 1 atom stereocenters. The van der Waals surface area contributed by atoms with Crippen molar-refractivity contribution >= 4 is 55.1 Å². The Bertz CT molecular complexity index is 1490. The van der Waals surface area contributed by atoms with Gasteiger partial charge in [0.2, 0.25) is 11.8 Å². The minimum Gasteiger partial charge on any atom is -0.350 e. The van der Waals surface area contributed by atoms with Crippen LogP contribution in [0.4, 0.5) is 5.69 Å². The summed E-state index contributed by atoms with van der Waals surface area (Å²) in [5.41, 5.74) is 2.09. The van der Waals surface area contributed by atoms with Gasteiger partial charge in [0.1, 0.15) is 12.6 Å². The van der Waals surface area contributed by atoms with E-state index in [0.717, 1.165) is 19.9 Å². The molecule has 3 rings (SSSR count). The molecule has 0 aliphatic carbocycles. The Morgan fingerprint density at radius 2 is 1.65 bits per heavy atom. The van der Waals surface area contributed by atoms with E-state index in [9.17, 15) is 18.0 Å². The molecule has 0 spiro atoms. The highest BCUT2D eigenvalue weighted by Gasteiger charge is 2.34. The van der Waals surface area contributed by atoms with Crippen molar-refractivity contribution in [3.8, 4) is 0 Å². The van der Waals surface area contributed by atoms with Crippen molar-refractivity contribution in [2.24, 2.45) is 0 Å². The summed E-state index contributed by atoms with van der Waals surface area (Å²) in [6, 6.07) is 17.8. The molecule has 0 radical (unpaired) electrons. The van der Waals surface area contributed by atoms with Gasteiger partial charge in [-0.1, -0.05) is 57.4 Å². The van der Waals surface area contributed by atoms with Crippen molar-refractivity contribution in [1.82, 2.24) is 10.2 Å². The molecular weight excluding hydrogens is 614 g/mol. The van der Waals surface area contributed by atoms with Gasteiger partial charge in [-0.05, 0) is 95.1 Å². The van der Waals surface area contributed by atoms with Crippen LogP contribution >= 0.6 is 27.5 Å². The fourth-order valence-electron chi connectivity index (χ4n) is 4.14. The second kappa shape index (κ2) is 12.7. The highest BCUT2D eigenvalue weighted by atomic mass is 79.9. The van der Waals surface area contributed by atoms with Gasteiger partial charge in [-0.15, -0.1) is 0 Å². The van der Waals surface area contributed by atoms with Gasteiger partial charge in [0.15, 0.2) is 0 Å². The first kappa shape index (κ1) is 31.6. The molecule has 40 heavy (non-hydrogen) atoms. The first-order chi connectivity index (χ1) is 18.6. The van der Waals surface area contributed by atoms with Crippen molar-refractivity contribution in [2.75, 3.05) is 10.8 Å². The summed E-state index contributed by atoms with van der Waals surface area (Å²) in [5.74, 6) is -0.868. The van der Waals surface area contributed by atoms with Crippen molar-refractivity contribution in [3.05, 3.63) is 92.9 Å². The minimum absolute atomic E-state index is 0.0531. The molecule has 214 valence electrons. The molecule has 0 aliphatic rings. The molecule has 0 fully saturated rings. The summed E-state index contributed by atoms with van der Waals surface area (Å²) in [5, 5.41) is 3.37. The Hall–Kier alpha value is -2.88. The van der Waals surface area contributed by atoms with Crippen LogP contribution in [0.2, 0.25) is 5.02 Å². The molecule has 0 saturated heterocycles. The normalized spacial score (nSPS) is 12.5. The van der Waals surface area contributed by atoms with Gasteiger partial charge in [-0.3, -0.25) is 13.9 Å². The smallest absolute Gasteiger partial charge is 0.264 e. The van der Waals surface area contributed by atoms with E-state index >= 15 is 0 Å². The molecule has 0 bridgehead atoms. The third kappa shape index (κ3) is 8.08. The van der Waals surface area contributed by atoms with Crippen molar-refractivity contribution in [1.29, 1.82) is 0 Å². The average Bonchev–Trinajstić information content (AvgIpc) is 2.85. The van der Waals surface area contributed by atoms with E-state index in [-0.39, 0.29) is 17.3 Å². The Morgan fingerprint density at radius 3 is 2.23 bits per heavy atom. The molecule has 0 saturated carbocycles. The molecule has 0 heterocycles. The second-order valence-corrected chi connectivity index (χ2v) is 14.0. The van der Waals surface area contributed by atoms with Crippen molar-refractivity contribution in [2.45, 2.75) is 64.6 Å². The third-order valence-electron chi connectivity index (χ3n) is 6.22. The summed E-state index contributed by atoms with van der Waals surface area (Å²) < 4.78 is 29.9. The van der Waals surface area contributed by atoms with Crippen LogP contribution in [-0.2, 0) is 26.2 Å². The lowest BCUT2D eigenvalue weighted by atomic mass is 10.1. The summed E-state index contributed by atoms with van der Waals surface area (Å²) in [6.07, 6.45) is 0. The van der Waals surface area contributed by atoms with Crippen LogP contribution in [0.25, 0.3) is 0 Å². The lowest BCUT2D eigenvalue weighted by Gasteiger charge is -2.34. The largest absolute Gasteiger partial charge is 0.350 e. The van der Waals surface area contributed by atoms with E-state index in [2.05, 4.69) is 21.2 Å². The molecule has 0 unspecified atom stereocenters. The van der Waals surface area contributed by atoms with Crippen LogP contribution in [0.1, 0.15) is 44.4 Å². The van der Waals surface area contributed by atoms with Gasteiger partial charge in [0, 0.05) is 21.6 Å². The number of amides is 2. The third-order valence-corrected chi connectivity index (χ3v) is 8.73. The number of nitrogens with one attached hydrogen (secondary N) is 1. The van der Waals surface area contributed by atoms with Gasteiger partial charge in [0.05, 0.1) is 10.6 Å². The quantitative estimate of drug-likeness (QED) is 0.297. The van der Waals surface area contributed by atoms with Gasteiger partial charge >= 0.3 is 0 Å². The molecule has 2 amide bonds. The number of carbonyl (C=O) groups excluding carboxylic acids is 2. The van der Waals surface area contributed by atoms with Gasteiger partial charge < -0.3 is 10.2 Å². The maximum atomic E-state index is 14.0. The molecule has 0 aromatic heterocycles. The van der Waals surface area contributed by atoms with Gasteiger partial charge in [-0.2, -0.15) is 0 Å². The molecular formula is C30H35BrClN3O4S. The first-order valence-corrected chi connectivity index (χ1v) is 15.4. The Labute approximate surface area is 250 Å². The molecule has 7 nitrogen and oxygen atoms in total. The minimum atomic E-state index is -4.15. The number of benzene rings is 3. The van der Waals surface area contributed by atoms with Crippen LogP contribution in [0.3, 0.4) is 0 Å². The number of hydrogen-bond acceptors (Lipinski definition) is 4. The zero-order valence-electron chi connectivity index (χ0n) is 23.5. The Kier molecular flexibility index (Phi) is 10.1. The van der Waals surface area contributed by atoms with E-state index in [4.69, 9.17) is 11.6 Å². The number of sulfonamides is 1. The first-order valence-electron chi connectivity index (χ1n) is 12.8. The van der Waals surface area contributed by atoms with Crippen LogP contribution in [0, 0.1) is 13.8 Å². The number of aryl methyl sites for hydroxylation is 2. The van der Waals surface area contributed by atoms with Gasteiger partial charge in [-0.25, -0.2) is 8.42 Å². The predicted octanol–water partition coefficient (Wildman–Crippen LogP) is 6.25. The average molecular weight is 649 g/mol. The molecule has 1 N–H and O–H groups in total. The van der Waals surface area contributed by atoms with E-state index in [1.165, 1.54) is 17.0 Å². The SMILES string of the molecule is Cc1ccc(S(=O)(=O)N(CC(=O)N(Cc2cccc(Br)c2)[C@H](C)C(=O)NC(C)(C)C)c2ccc(Cl)cc2C)cc1. The van der Waals surface area contributed by atoms with Gasteiger partial charge in [0.25, 0.3) is 10.0 Å². The van der Waals surface area contributed by atoms with Crippen molar-refractivity contribution < 1.29 is 18.0 Å². The Morgan fingerprint density at radius 1 is 1.00 bits per heavy atom. The van der Waals surface area contributed by atoms with Crippen LogP contribution in [0.15, 0.2) is 76.1 Å². The van der Waals surface area contributed by atoms with Crippen LogP contribution < -0.4 is 9.62 Å². The highest BCUT2D eigenvalue weighted by molar-refractivity contribution is 9.10. The maximum absolute atomic E-state index is 14.0. The zero-order chi connectivity index (χ0) is 29.8.